The third kappa shape index (κ3) is 5.94. The zero-order valence-electron chi connectivity index (χ0n) is 17.6. The van der Waals surface area contributed by atoms with Gasteiger partial charge in [0.25, 0.3) is 0 Å². The normalized spacial score (nSPS) is 14.9. The van der Waals surface area contributed by atoms with Gasteiger partial charge in [0.15, 0.2) is 0 Å². The smallest absolute Gasteiger partial charge is 0.416 e. The minimum absolute atomic E-state index is 0.265. The van der Waals surface area contributed by atoms with E-state index >= 15 is 0 Å². The molecule has 0 aliphatic heterocycles. The van der Waals surface area contributed by atoms with Gasteiger partial charge in [-0.15, -0.1) is 0 Å². The minimum Gasteiger partial charge on any atom is -0.491 e. The summed E-state index contributed by atoms with van der Waals surface area (Å²) in [5.74, 6) is 0.0540. The molecule has 0 saturated heterocycles. The molecule has 0 N–H and O–H groups in total. The Hall–Kier alpha value is -2.21. The van der Waals surface area contributed by atoms with Crippen LogP contribution in [-0.2, 0) is 15.7 Å². The van der Waals surface area contributed by atoms with E-state index in [0.717, 1.165) is 31.4 Å². The molecule has 7 heteroatoms. The van der Waals surface area contributed by atoms with Crippen LogP contribution in [0.25, 0.3) is 11.1 Å². The van der Waals surface area contributed by atoms with E-state index in [9.17, 15) is 18.0 Å². The average Bonchev–Trinajstić information content (AvgIpc) is 3.54. The maximum atomic E-state index is 13.0. The fourth-order valence-electron chi connectivity index (χ4n) is 3.45. The maximum absolute atomic E-state index is 13.0. The van der Waals surface area contributed by atoms with Gasteiger partial charge < -0.3 is 9.47 Å². The number of ether oxygens (including phenoxy) is 2. The van der Waals surface area contributed by atoms with Gasteiger partial charge in [0.2, 0.25) is 0 Å². The second kappa shape index (κ2) is 9.94. The largest absolute Gasteiger partial charge is 0.491 e. The molecule has 0 heterocycles. The number of hydrogen-bond donors (Lipinski definition) is 0. The summed E-state index contributed by atoms with van der Waals surface area (Å²) < 4.78 is 50.2. The molecule has 0 amide bonds. The molecule has 1 atom stereocenters. The van der Waals surface area contributed by atoms with Crippen LogP contribution in [-0.4, -0.2) is 19.2 Å². The SMILES string of the molecule is CCCC(C(=O)OCC)c1cc(Cl)c(OCC2CC2)c(-c2ccc(C(F)(F)F)cc2)c1. The van der Waals surface area contributed by atoms with Gasteiger partial charge in [-0.2, -0.15) is 13.2 Å². The highest BCUT2D eigenvalue weighted by Crippen LogP contribution is 2.42. The van der Waals surface area contributed by atoms with Crippen LogP contribution in [0.3, 0.4) is 0 Å². The number of rotatable bonds is 9. The van der Waals surface area contributed by atoms with Gasteiger partial charge in [-0.25, -0.2) is 0 Å². The molecule has 1 unspecified atom stereocenters. The maximum Gasteiger partial charge on any atom is 0.416 e. The van der Waals surface area contributed by atoms with Crippen molar-refractivity contribution in [2.24, 2.45) is 5.92 Å². The van der Waals surface area contributed by atoms with Gasteiger partial charge in [0, 0.05) is 5.56 Å². The van der Waals surface area contributed by atoms with Crippen molar-refractivity contribution in [3.63, 3.8) is 0 Å². The Kier molecular flexibility index (Phi) is 7.52. The Morgan fingerprint density at radius 3 is 2.39 bits per heavy atom. The number of halogens is 4. The molecule has 2 aromatic carbocycles. The summed E-state index contributed by atoms with van der Waals surface area (Å²) >= 11 is 6.56. The van der Waals surface area contributed by atoms with Crippen molar-refractivity contribution < 1.29 is 27.4 Å². The van der Waals surface area contributed by atoms with E-state index in [4.69, 9.17) is 21.1 Å². The Balaban J connectivity index is 2.05. The Labute approximate surface area is 185 Å². The number of esters is 1. The first-order valence-corrected chi connectivity index (χ1v) is 10.9. The average molecular weight is 455 g/mol. The molecule has 0 radical (unpaired) electrons. The van der Waals surface area contributed by atoms with Crippen LogP contribution < -0.4 is 4.74 Å². The molecule has 0 bridgehead atoms. The van der Waals surface area contributed by atoms with Crippen LogP contribution in [0, 0.1) is 5.92 Å². The lowest BCUT2D eigenvalue weighted by molar-refractivity contribution is -0.145. The van der Waals surface area contributed by atoms with Gasteiger partial charge >= 0.3 is 12.1 Å². The van der Waals surface area contributed by atoms with E-state index < -0.39 is 17.7 Å². The number of hydrogen-bond acceptors (Lipinski definition) is 3. The predicted octanol–water partition coefficient (Wildman–Crippen LogP) is 7.26. The Morgan fingerprint density at radius 1 is 1.16 bits per heavy atom. The lowest BCUT2D eigenvalue weighted by Gasteiger charge is -2.20. The van der Waals surface area contributed by atoms with Crippen LogP contribution in [0.5, 0.6) is 5.75 Å². The monoisotopic (exact) mass is 454 g/mol. The van der Waals surface area contributed by atoms with Gasteiger partial charge in [0.1, 0.15) is 5.75 Å². The fraction of sp³-hybridized carbons (Fsp3) is 0.458. The summed E-state index contributed by atoms with van der Waals surface area (Å²) in [7, 11) is 0. The molecule has 0 spiro atoms. The minimum atomic E-state index is -4.42. The molecule has 1 aliphatic carbocycles. The molecule has 0 aromatic heterocycles. The van der Waals surface area contributed by atoms with E-state index in [2.05, 4.69) is 0 Å². The summed E-state index contributed by atoms with van der Waals surface area (Å²) in [4.78, 5) is 12.5. The number of carbonyl (C=O) groups is 1. The van der Waals surface area contributed by atoms with Crippen molar-refractivity contribution in [3.8, 4) is 16.9 Å². The molecule has 1 aliphatic rings. The van der Waals surface area contributed by atoms with E-state index in [-0.39, 0.29) is 12.6 Å². The van der Waals surface area contributed by atoms with Crippen molar-refractivity contribution in [3.05, 3.63) is 52.5 Å². The Morgan fingerprint density at radius 2 is 1.84 bits per heavy atom. The second-order valence-corrected chi connectivity index (χ2v) is 8.21. The molecule has 2 aromatic rings. The Bertz CT molecular complexity index is 906. The third-order valence-corrected chi connectivity index (χ3v) is 5.58. The second-order valence-electron chi connectivity index (χ2n) is 7.80. The summed E-state index contributed by atoms with van der Waals surface area (Å²) in [5.41, 5.74) is 1.05. The number of alkyl halides is 3. The summed E-state index contributed by atoms with van der Waals surface area (Å²) in [5, 5.41) is 0.332. The third-order valence-electron chi connectivity index (χ3n) is 5.30. The first-order chi connectivity index (χ1) is 14.7. The van der Waals surface area contributed by atoms with Gasteiger partial charge in [0.05, 0.1) is 29.7 Å². The fourth-order valence-corrected chi connectivity index (χ4v) is 3.74. The molecule has 3 rings (SSSR count). The van der Waals surface area contributed by atoms with Gasteiger partial charge in [-0.05, 0) is 67.5 Å². The van der Waals surface area contributed by atoms with Crippen molar-refractivity contribution >= 4 is 17.6 Å². The zero-order chi connectivity index (χ0) is 22.6. The zero-order valence-corrected chi connectivity index (χ0v) is 18.4. The van der Waals surface area contributed by atoms with E-state index in [1.165, 1.54) is 12.1 Å². The molecular formula is C24H26ClF3O3. The van der Waals surface area contributed by atoms with Crippen molar-refractivity contribution in [2.45, 2.75) is 51.6 Å². The highest BCUT2D eigenvalue weighted by molar-refractivity contribution is 6.32. The van der Waals surface area contributed by atoms with Gasteiger partial charge in [-0.1, -0.05) is 37.1 Å². The molecule has 1 fully saturated rings. The topological polar surface area (TPSA) is 35.5 Å². The van der Waals surface area contributed by atoms with Gasteiger partial charge in [-0.3, -0.25) is 4.79 Å². The van der Waals surface area contributed by atoms with Crippen LogP contribution in [0.4, 0.5) is 13.2 Å². The first-order valence-electron chi connectivity index (χ1n) is 10.5. The van der Waals surface area contributed by atoms with E-state index in [0.29, 0.717) is 46.4 Å². The van der Waals surface area contributed by atoms with Crippen LogP contribution >= 0.6 is 11.6 Å². The highest BCUT2D eigenvalue weighted by atomic mass is 35.5. The molecule has 3 nitrogen and oxygen atoms in total. The van der Waals surface area contributed by atoms with E-state index in [1.807, 2.05) is 6.92 Å². The first kappa shape index (κ1) is 23.5. The lowest BCUT2D eigenvalue weighted by atomic mass is 9.91. The molecular weight excluding hydrogens is 429 g/mol. The highest BCUT2D eigenvalue weighted by Gasteiger charge is 2.31. The lowest BCUT2D eigenvalue weighted by Crippen LogP contribution is -2.16. The van der Waals surface area contributed by atoms with Crippen LogP contribution in [0.2, 0.25) is 5.02 Å². The molecule has 31 heavy (non-hydrogen) atoms. The summed E-state index contributed by atoms with van der Waals surface area (Å²) in [6.45, 7) is 4.48. The predicted molar refractivity (Wildman–Crippen MR) is 114 cm³/mol. The van der Waals surface area contributed by atoms with Crippen LogP contribution in [0.15, 0.2) is 36.4 Å². The number of carbonyl (C=O) groups excluding carboxylic acids is 1. The standard InChI is InChI=1S/C24H26ClF3O3/c1-3-5-19(23(29)30-4-2)17-12-20(16-8-10-18(11-9-16)24(26,27)28)22(21(25)13-17)31-14-15-6-7-15/h8-13,15,19H,3-7,14H2,1-2H3. The quantitative estimate of drug-likeness (QED) is 0.374. The van der Waals surface area contributed by atoms with Crippen molar-refractivity contribution in [1.82, 2.24) is 0 Å². The number of benzene rings is 2. The molecule has 1 saturated carbocycles. The van der Waals surface area contributed by atoms with Crippen molar-refractivity contribution in [2.75, 3.05) is 13.2 Å². The molecule has 168 valence electrons. The van der Waals surface area contributed by atoms with Crippen molar-refractivity contribution in [1.29, 1.82) is 0 Å². The van der Waals surface area contributed by atoms with Crippen LogP contribution in [0.1, 0.15) is 56.6 Å². The summed E-state index contributed by atoms with van der Waals surface area (Å²) in [6.07, 6.45) is -0.903. The summed E-state index contributed by atoms with van der Waals surface area (Å²) in [6, 6.07) is 8.37. The van der Waals surface area contributed by atoms with E-state index in [1.54, 1.807) is 19.1 Å².